The second-order valence-electron chi connectivity index (χ2n) is 6.82. The molecule has 13 heteroatoms. The molecule has 0 spiro atoms. The third-order valence-corrected chi connectivity index (χ3v) is 4.23. The normalized spacial score (nSPS) is 14.2. The minimum absolute atomic E-state index is 0.00571. The van der Waals surface area contributed by atoms with Crippen LogP contribution in [-0.4, -0.2) is 110 Å². The van der Waals surface area contributed by atoms with Crippen LogP contribution in [0.15, 0.2) is 0 Å². The average molecular weight is 450 g/mol. The molecule has 0 aromatic rings. The summed E-state index contributed by atoms with van der Waals surface area (Å²) in [5.41, 5.74) is -1.08. The number of amides is 3. The molecule has 0 saturated carbocycles. The Bertz CT molecular complexity index is 571. The molecule has 178 valence electrons. The predicted molar refractivity (Wildman–Crippen MR) is 101 cm³/mol. The van der Waals surface area contributed by atoms with Gasteiger partial charge in [-0.15, -0.1) is 5.06 Å². The average Bonchev–Trinajstić information content (AvgIpc) is 3.07. The van der Waals surface area contributed by atoms with Crippen LogP contribution >= 0.6 is 0 Å². The summed E-state index contributed by atoms with van der Waals surface area (Å²) >= 11 is 0. The molecule has 0 radical (unpaired) electrons. The van der Waals surface area contributed by atoms with Gasteiger partial charge < -0.3 is 39.7 Å². The Morgan fingerprint density at radius 1 is 0.871 bits per heavy atom. The minimum Gasteiger partial charge on any atom is -0.396 e. The van der Waals surface area contributed by atoms with E-state index in [1.165, 1.54) is 0 Å². The first-order valence-corrected chi connectivity index (χ1v) is 9.76. The minimum atomic E-state index is -1.08. The van der Waals surface area contributed by atoms with Crippen LogP contribution in [0.25, 0.3) is 0 Å². The van der Waals surface area contributed by atoms with Gasteiger partial charge in [0.05, 0.1) is 64.9 Å². The summed E-state index contributed by atoms with van der Waals surface area (Å²) in [5, 5.41) is 30.3. The molecule has 0 aromatic carbocycles. The van der Waals surface area contributed by atoms with Gasteiger partial charge in [0, 0.05) is 19.4 Å². The Labute approximate surface area is 179 Å². The first-order valence-electron chi connectivity index (χ1n) is 9.76. The second-order valence-corrected chi connectivity index (χ2v) is 6.82. The van der Waals surface area contributed by atoms with Gasteiger partial charge in [0.15, 0.2) is 0 Å². The monoisotopic (exact) mass is 450 g/mol. The molecule has 1 rings (SSSR count). The Hall–Kier alpha value is -2.16. The molecule has 0 unspecified atom stereocenters. The molecule has 1 aliphatic heterocycles. The molecular formula is C18H30N2O11. The molecule has 0 aromatic heterocycles. The zero-order valence-electron chi connectivity index (χ0n) is 17.2. The van der Waals surface area contributed by atoms with Crippen LogP contribution in [0.3, 0.4) is 0 Å². The zero-order valence-corrected chi connectivity index (χ0v) is 17.2. The van der Waals surface area contributed by atoms with Crippen LogP contribution in [0.2, 0.25) is 0 Å². The van der Waals surface area contributed by atoms with Crippen molar-refractivity contribution in [2.45, 2.75) is 19.3 Å². The zero-order chi connectivity index (χ0) is 23.1. The van der Waals surface area contributed by atoms with Crippen LogP contribution in [-0.2, 0) is 38.2 Å². The predicted octanol–water partition coefficient (Wildman–Crippen LogP) is -2.89. The van der Waals surface area contributed by atoms with Crippen molar-refractivity contribution in [2.75, 3.05) is 66.0 Å². The van der Waals surface area contributed by atoms with Crippen LogP contribution < -0.4 is 5.32 Å². The number of hydroxylamine groups is 2. The SMILES string of the molecule is O=C(CC(=O)ON1C(=O)CCC1=O)NCCOCCOCCOCC(CO)(CO)CO. The number of carbonyl (C=O) groups excluding carboxylic acids is 4. The van der Waals surface area contributed by atoms with Crippen molar-refractivity contribution in [3.8, 4) is 0 Å². The molecule has 3 amide bonds. The lowest BCUT2D eigenvalue weighted by Gasteiger charge is -2.26. The first-order chi connectivity index (χ1) is 14.9. The van der Waals surface area contributed by atoms with Crippen LogP contribution in [0.5, 0.6) is 0 Å². The molecule has 0 aliphatic carbocycles. The summed E-state index contributed by atoms with van der Waals surface area (Å²) in [6, 6.07) is 0. The van der Waals surface area contributed by atoms with Gasteiger partial charge in [-0.25, -0.2) is 4.79 Å². The van der Waals surface area contributed by atoms with Crippen LogP contribution in [0, 0.1) is 5.41 Å². The number of nitrogens with one attached hydrogen (secondary N) is 1. The quantitative estimate of drug-likeness (QED) is 0.101. The lowest BCUT2D eigenvalue weighted by molar-refractivity contribution is -0.197. The fraction of sp³-hybridized carbons (Fsp3) is 0.778. The van der Waals surface area contributed by atoms with Gasteiger partial charge in [-0.05, 0) is 0 Å². The number of hydrogen-bond donors (Lipinski definition) is 4. The van der Waals surface area contributed by atoms with E-state index in [-0.39, 0.29) is 59.0 Å². The maximum Gasteiger partial charge on any atom is 0.342 e. The van der Waals surface area contributed by atoms with E-state index in [9.17, 15) is 19.2 Å². The van der Waals surface area contributed by atoms with Gasteiger partial charge in [0.25, 0.3) is 11.8 Å². The summed E-state index contributed by atoms with van der Waals surface area (Å²) in [5.74, 6) is -2.87. The number of hydrogen-bond acceptors (Lipinski definition) is 11. The largest absolute Gasteiger partial charge is 0.396 e. The van der Waals surface area contributed by atoms with Crippen molar-refractivity contribution < 1.29 is 53.5 Å². The van der Waals surface area contributed by atoms with Crippen molar-refractivity contribution in [2.24, 2.45) is 5.41 Å². The van der Waals surface area contributed by atoms with E-state index in [0.29, 0.717) is 5.06 Å². The fourth-order valence-electron chi connectivity index (χ4n) is 2.26. The van der Waals surface area contributed by atoms with Gasteiger partial charge in [-0.3, -0.25) is 14.4 Å². The highest BCUT2D eigenvalue weighted by Gasteiger charge is 2.33. The lowest BCUT2D eigenvalue weighted by atomic mass is 9.93. The number of carbonyl (C=O) groups is 4. The first kappa shape index (κ1) is 26.9. The Morgan fingerprint density at radius 3 is 1.94 bits per heavy atom. The second kappa shape index (κ2) is 14.8. The van der Waals surface area contributed by atoms with Crippen molar-refractivity contribution in [1.82, 2.24) is 10.4 Å². The lowest BCUT2D eigenvalue weighted by Crippen LogP contribution is -2.39. The molecule has 4 N–H and O–H groups in total. The topological polar surface area (TPSA) is 181 Å². The molecular weight excluding hydrogens is 420 g/mol. The van der Waals surface area contributed by atoms with Gasteiger partial charge in [0.2, 0.25) is 5.91 Å². The standard InChI is InChI=1S/C18H30N2O11/c21-10-18(11-22,12-23)13-30-8-7-29-6-5-28-4-3-19-14(24)9-17(27)31-20-15(25)1-2-16(20)26/h21-23H,1-13H2,(H,19,24). The maximum absolute atomic E-state index is 11.6. The van der Waals surface area contributed by atoms with E-state index < -0.39 is 55.3 Å². The number of rotatable bonds is 17. The third-order valence-electron chi connectivity index (χ3n) is 4.23. The summed E-state index contributed by atoms with van der Waals surface area (Å²) in [6.45, 7) is 0.105. The van der Waals surface area contributed by atoms with Crippen LogP contribution in [0.1, 0.15) is 19.3 Å². The molecule has 1 saturated heterocycles. The number of nitrogens with zero attached hydrogens (tertiary/aromatic N) is 1. The highest BCUT2D eigenvalue weighted by molar-refractivity contribution is 6.02. The fourth-order valence-corrected chi connectivity index (χ4v) is 2.26. The van der Waals surface area contributed by atoms with Crippen molar-refractivity contribution >= 4 is 23.7 Å². The highest BCUT2D eigenvalue weighted by Crippen LogP contribution is 2.14. The molecule has 13 nitrogen and oxygen atoms in total. The number of aliphatic hydroxyl groups is 3. The summed E-state index contributed by atoms with van der Waals surface area (Å²) < 4.78 is 15.8. The van der Waals surface area contributed by atoms with Crippen LogP contribution in [0.4, 0.5) is 0 Å². The summed E-state index contributed by atoms with van der Waals surface area (Å²) in [4.78, 5) is 50.4. The number of aliphatic hydroxyl groups excluding tert-OH is 3. The molecule has 1 fully saturated rings. The highest BCUT2D eigenvalue weighted by atomic mass is 16.7. The van der Waals surface area contributed by atoms with Crippen molar-refractivity contribution in [3.05, 3.63) is 0 Å². The summed E-state index contributed by atoms with van der Waals surface area (Å²) in [7, 11) is 0. The molecule has 0 bridgehead atoms. The van der Waals surface area contributed by atoms with E-state index in [4.69, 9.17) is 29.5 Å². The van der Waals surface area contributed by atoms with Gasteiger partial charge in [-0.2, -0.15) is 0 Å². The van der Waals surface area contributed by atoms with Gasteiger partial charge >= 0.3 is 5.97 Å². The van der Waals surface area contributed by atoms with Crippen molar-refractivity contribution in [1.29, 1.82) is 0 Å². The Balaban J connectivity index is 1.96. The van der Waals surface area contributed by atoms with E-state index in [2.05, 4.69) is 10.2 Å². The molecule has 0 atom stereocenters. The molecule has 1 aliphatic rings. The smallest absolute Gasteiger partial charge is 0.342 e. The van der Waals surface area contributed by atoms with E-state index in [0.717, 1.165) is 0 Å². The Kier molecular flexibility index (Phi) is 12.8. The molecule has 1 heterocycles. The summed E-state index contributed by atoms with van der Waals surface area (Å²) in [6.07, 6.45) is -0.682. The maximum atomic E-state index is 11.6. The van der Waals surface area contributed by atoms with Crippen molar-refractivity contribution in [3.63, 3.8) is 0 Å². The number of ether oxygens (including phenoxy) is 3. The van der Waals surface area contributed by atoms with Gasteiger partial charge in [-0.1, -0.05) is 0 Å². The van der Waals surface area contributed by atoms with Gasteiger partial charge in [0.1, 0.15) is 6.42 Å². The Morgan fingerprint density at radius 2 is 1.39 bits per heavy atom. The van der Waals surface area contributed by atoms with E-state index in [1.807, 2.05) is 0 Å². The third kappa shape index (κ3) is 10.1. The van der Waals surface area contributed by atoms with E-state index in [1.54, 1.807) is 0 Å². The molecule has 31 heavy (non-hydrogen) atoms. The van der Waals surface area contributed by atoms with E-state index >= 15 is 0 Å². The number of imide groups is 1.